The molecule has 33 heavy (non-hydrogen) atoms. The van der Waals surface area contributed by atoms with Crippen LogP contribution in [0.3, 0.4) is 0 Å². The van der Waals surface area contributed by atoms with Gasteiger partial charge in [0.05, 0.1) is 15.2 Å². The normalized spacial score (nSPS) is 11.4. The molecule has 0 saturated heterocycles. The number of carbonyl (C=O) groups is 1. The van der Waals surface area contributed by atoms with Gasteiger partial charge in [0.15, 0.2) is 11.7 Å². The Morgan fingerprint density at radius 3 is 2.52 bits per heavy atom. The van der Waals surface area contributed by atoms with Crippen molar-refractivity contribution in [1.29, 1.82) is 0 Å². The van der Waals surface area contributed by atoms with Crippen molar-refractivity contribution in [3.05, 3.63) is 65.2 Å². The predicted octanol–water partition coefficient (Wildman–Crippen LogP) is 6.17. The molecule has 0 aliphatic carbocycles. The summed E-state index contributed by atoms with van der Waals surface area (Å²) in [5, 5.41) is 3.53. The SMILES string of the molecule is CCN(CC)CCN(C(=O)COc1ccc2ccccc2c1)c1nc2c(C)ccc(Cl)c2s1. The van der Waals surface area contributed by atoms with Gasteiger partial charge >= 0.3 is 0 Å². The van der Waals surface area contributed by atoms with Gasteiger partial charge in [-0.15, -0.1) is 0 Å². The van der Waals surface area contributed by atoms with Gasteiger partial charge in [-0.05, 0) is 54.5 Å². The second-order valence-corrected chi connectivity index (χ2v) is 9.29. The van der Waals surface area contributed by atoms with E-state index in [9.17, 15) is 4.79 Å². The maximum Gasteiger partial charge on any atom is 0.266 e. The van der Waals surface area contributed by atoms with Crippen LogP contribution in [0, 0.1) is 6.92 Å². The number of thiazole rings is 1. The van der Waals surface area contributed by atoms with E-state index < -0.39 is 0 Å². The van der Waals surface area contributed by atoms with Crippen molar-refractivity contribution in [2.45, 2.75) is 20.8 Å². The molecule has 3 aromatic carbocycles. The number of aryl methyl sites for hydroxylation is 1. The molecular weight excluding hydrogens is 454 g/mol. The maximum absolute atomic E-state index is 13.3. The monoisotopic (exact) mass is 481 g/mol. The van der Waals surface area contributed by atoms with Crippen LogP contribution in [0.25, 0.3) is 21.0 Å². The molecule has 0 aliphatic rings. The average molecular weight is 482 g/mol. The van der Waals surface area contributed by atoms with Crippen LogP contribution in [0.1, 0.15) is 19.4 Å². The van der Waals surface area contributed by atoms with Gasteiger partial charge in [-0.25, -0.2) is 4.98 Å². The van der Waals surface area contributed by atoms with E-state index in [0.29, 0.717) is 22.4 Å². The van der Waals surface area contributed by atoms with Crippen LogP contribution in [0.15, 0.2) is 54.6 Å². The van der Waals surface area contributed by atoms with Gasteiger partial charge in [0, 0.05) is 13.1 Å². The third-order valence-corrected chi connectivity index (χ3v) is 7.37. The first-order valence-corrected chi connectivity index (χ1v) is 12.4. The first-order valence-electron chi connectivity index (χ1n) is 11.2. The number of amides is 1. The number of carbonyl (C=O) groups excluding carboxylic acids is 1. The lowest BCUT2D eigenvalue weighted by atomic mass is 10.1. The number of aromatic nitrogens is 1. The third kappa shape index (κ3) is 5.29. The highest BCUT2D eigenvalue weighted by atomic mass is 35.5. The van der Waals surface area contributed by atoms with E-state index in [1.165, 1.54) is 11.3 Å². The standard InChI is InChI=1S/C26H28ClN3O2S/c1-4-29(5-2)14-15-30(26-28-24-18(3)10-13-22(27)25(24)33-26)23(31)17-32-21-12-11-19-8-6-7-9-20(19)16-21/h6-13,16H,4-5,14-15,17H2,1-3H3. The van der Waals surface area contributed by atoms with Crippen molar-refractivity contribution in [3.8, 4) is 5.75 Å². The lowest BCUT2D eigenvalue weighted by molar-refractivity contribution is -0.120. The second kappa shape index (κ2) is 10.5. The Bertz CT molecular complexity index is 1230. The van der Waals surface area contributed by atoms with Crippen molar-refractivity contribution in [1.82, 2.24) is 9.88 Å². The largest absolute Gasteiger partial charge is 0.484 e. The Hall–Kier alpha value is -2.67. The van der Waals surface area contributed by atoms with Crippen molar-refractivity contribution in [3.63, 3.8) is 0 Å². The van der Waals surface area contributed by atoms with Gasteiger partial charge < -0.3 is 9.64 Å². The molecule has 1 aromatic heterocycles. The highest BCUT2D eigenvalue weighted by Crippen LogP contribution is 2.35. The lowest BCUT2D eigenvalue weighted by Crippen LogP contribution is -2.41. The van der Waals surface area contributed by atoms with E-state index in [-0.39, 0.29) is 12.5 Å². The first-order chi connectivity index (χ1) is 16.0. The number of anilines is 1. The Kier molecular flexibility index (Phi) is 7.48. The topological polar surface area (TPSA) is 45.7 Å². The highest BCUT2D eigenvalue weighted by Gasteiger charge is 2.22. The smallest absolute Gasteiger partial charge is 0.266 e. The fourth-order valence-corrected chi connectivity index (χ4v) is 5.15. The summed E-state index contributed by atoms with van der Waals surface area (Å²) in [6.45, 7) is 9.36. The van der Waals surface area contributed by atoms with Gasteiger partial charge in [-0.2, -0.15) is 0 Å². The minimum Gasteiger partial charge on any atom is -0.484 e. The number of likely N-dealkylation sites (N-methyl/N-ethyl adjacent to an activating group) is 1. The van der Waals surface area contributed by atoms with Crippen LogP contribution in [0.2, 0.25) is 5.02 Å². The molecule has 1 heterocycles. The summed E-state index contributed by atoms with van der Waals surface area (Å²) in [6.07, 6.45) is 0. The molecule has 5 nitrogen and oxygen atoms in total. The number of hydrogen-bond donors (Lipinski definition) is 0. The quantitative estimate of drug-likeness (QED) is 0.287. The van der Waals surface area contributed by atoms with E-state index in [0.717, 1.165) is 46.2 Å². The number of ether oxygens (including phenoxy) is 1. The van der Waals surface area contributed by atoms with Crippen LogP contribution >= 0.6 is 22.9 Å². The zero-order valence-electron chi connectivity index (χ0n) is 19.2. The third-order valence-electron chi connectivity index (χ3n) is 5.84. The summed E-state index contributed by atoms with van der Waals surface area (Å²) in [5.74, 6) is 0.553. The predicted molar refractivity (Wildman–Crippen MR) is 139 cm³/mol. The van der Waals surface area contributed by atoms with Crippen molar-refractivity contribution in [2.75, 3.05) is 37.7 Å². The molecule has 7 heteroatoms. The molecule has 0 radical (unpaired) electrons. The molecule has 172 valence electrons. The summed E-state index contributed by atoms with van der Waals surface area (Å²) >= 11 is 7.87. The van der Waals surface area contributed by atoms with Crippen molar-refractivity contribution in [2.24, 2.45) is 0 Å². The minimum absolute atomic E-state index is 0.0563. The highest BCUT2D eigenvalue weighted by molar-refractivity contribution is 7.23. The molecule has 0 atom stereocenters. The van der Waals surface area contributed by atoms with Crippen LogP contribution in [0.4, 0.5) is 5.13 Å². The zero-order chi connectivity index (χ0) is 23.4. The van der Waals surface area contributed by atoms with E-state index in [4.69, 9.17) is 21.3 Å². The van der Waals surface area contributed by atoms with Gasteiger partial charge in [-0.3, -0.25) is 9.69 Å². The number of rotatable bonds is 9. The number of fused-ring (bicyclic) bond motifs is 2. The van der Waals surface area contributed by atoms with Crippen LogP contribution in [-0.2, 0) is 4.79 Å². The number of halogens is 1. The fraction of sp³-hybridized carbons (Fsp3) is 0.308. The number of nitrogens with zero attached hydrogens (tertiary/aromatic N) is 3. The summed E-state index contributed by atoms with van der Waals surface area (Å²) < 4.78 is 6.81. The van der Waals surface area contributed by atoms with Crippen molar-refractivity contribution < 1.29 is 9.53 Å². The summed E-state index contributed by atoms with van der Waals surface area (Å²) in [4.78, 5) is 22.1. The van der Waals surface area contributed by atoms with E-state index in [1.807, 2.05) is 55.5 Å². The molecule has 0 aliphatic heterocycles. The van der Waals surface area contributed by atoms with Crippen LogP contribution in [-0.4, -0.2) is 48.6 Å². The van der Waals surface area contributed by atoms with E-state index in [1.54, 1.807) is 4.90 Å². The molecule has 0 N–H and O–H groups in total. The molecule has 0 bridgehead atoms. The van der Waals surface area contributed by atoms with Crippen LogP contribution < -0.4 is 9.64 Å². The Labute approximate surface area is 203 Å². The van der Waals surface area contributed by atoms with Crippen LogP contribution in [0.5, 0.6) is 5.75 Å². The second-order valence-electron chi connectivity index (χ2n) is 7.91. The molecule has 4 rings (SSSR count). The molecule has 0 fully saturated rings. The number of benzene rings is 3. The fourth-order valence-electron chi connectivity index (χ4n) is 3.79. The Morgan fingerprint density at radius 2 is 1.79 bits per heavy atom. The maximum atomic E-state index is 13.3. The molecular formula is C26H28ClN3O2S. The average Bonchev–Trinajstić information content (AvgIpc) is 3.29. The summed E-state index contributed by atoms with van der Waals surface area (Å²) in [6, 6.07) is 17.8. The van der Waals surface area contributed by atoms with E-state index >= 15 is 0 Å². The first kappa shape index (κ1) is 23.5. The van der Waals surface area contributed by atoms with E-state index in [2.05, 4.69) is 24.8 Å². The summed E-state index contributed by atoms with van der Waals surface area (Å²) in [5.41, 5.74) is 1.89. The minimum atomic E-state index is -0.122. The summed E-state index contributed by atoms with van der Waals surface area (Å²) in [7, 11) is 0. The molecule has 0 unspecified atom stereocenters. The van der Waals surface area contributed by atoms with Crippen molar-refractivity contribution >= 4 is 55.0 Å². The lowest BCUT2D eigenvalue weighted by Gasteiger charge is -2.24. The Balaban J connectivity index is 1.57. The zero-order valence-corrected chi connectivity index (χ0v) is 20.7. The number of hydrogen-bond acceptors (Lipinski definition) is 5. The molecule has 0 saturated carbocycles. The van der Waals surface area contributed by atoms with Gasteiger partial charge in [-0.1, -0.05) is 73.2 Å². The molecule has 1 amide bonds. The van der Waals surface area contributed by atoms with Gasteiger partial charge in [0.25, 0.3) is 5.91 Å². The van der Waals surface area contributed by atoms with Gasteiger partial charge in [0.2, 0.25) is 0 Å². The molecule has 0 spiro atoms. The molecule has 4 aromatic rings. The van der Waals surface area contributed by atoms with Gasteiger partial charge in [0.1, 0.15) is 5.75 Å². The Morgan fingerprint density at radius 1 is 1.03 bits per heavy atom.